The van der Waals surface area contributed by atoms with Crippen molar-refractivity contribution in [2.75, 3.05) is 20.3 Å². The zero-order valence-corrected chi connectivity index (χ0v) is 11.2. The molecule has 1 aliphatic rings. The van der Waals surface area contributed by atoms with E-state index < -0.39 is 6.04 Å². The Morgan fingerprint density at radius 3 is 2.53 bits per heavy atom. The molecule has 1 heterocycles. The van der Waals surface area contributed by atoms with Crippen LogP contribution in [-0.2, 0) is 11.2 Å². The molecule has 1 aromatic rings. The topological polar surface area (TPSA) is 90.8 Å². The highest BCUT2D eigenvalue weighted by atomic mass is 16.6. The molecule has 1 aliphatic heterocycles. The number of likely N-dealkylation sites (N-methyl/N-ethyl adjacent to an activating group) is 1. The highest BCUT2D eigenvalue weighted by Gasteiger charge is 2.20. The normalized spacial score (nSPS) is 14.9. The second-order valence-corrected chi connectivity index (χ2v) is 4.68. The van der Waals surface area contributed by atoms with Gasteiger partial charge in [-0.25, -0.2) is 5.84 Å². The quantitative estimate of drug-likeness (QED) is 0.455. The number of rotatable bonds is 3. The number of aryl methyl sites for hydroxylation is 1. The summed E-state index contributed by atoms with van der Waals surface area (Å²) < 4.78 is 11.0. The average Bonchev–Trinajstić information content (AvgIpc) is 2.38. The molecule has 0 aliphatic carbocycles. The third-order valence-corrected chi connectivity index (χ3v) is 3.11. The predicted octanol–water partition coefficient (Wildman–Crippen LogP) is -0.0319. The Hall–Kier alpha value is -1.79. The standard InChI is InChI=1S/C13H19N3O3/c1-8-5-11-12(19-4-3-18-11)7-9(8)6-10(14)13(17)16(2)15/h5,7,10H,3-4,6,14-15H2,1-2H3. The number of hydrogen-bond donors (Lipinski definition) is 2. The Kier molecular flexibility index (Phi) is 3.92. The number of carbonyl (C=O) groups is 1. The summed E-state index contributed by atoms with van der Waals surface area (Å²) in [7, 11) is 1.48. The van der Waals surface area contributed by atoms with E-state index in [-0.39, 0.29) is 5.91 Å². The monoisotopic (exact) mass is 265 g/mol. The van der Waals surface area contributed by atoms with Gasteiger partial charge in [-0.1, -0.05) is 0 Å². The van der Waals surface area contributed by atoms with Crippen molar-refractivity contribution in [1.29, 1.82) is 0 Å². The van der Waals surface area contributed by atoms with E-state index in [9.17, 15) is 4.79 Å². The molecule has 0 aromatic heterocycles. The SMILES string of the molecule is Cc1cc2c(cc1CC(N)C(=O)N(C)N)OCCO2. The fraction of sp³-hybridized carbons (Fsp3) is 0.462. The molecule has 0 saturated heterocycles. The molecule has 1 aromatic carbocycles. The van der Waals surface area contributed by atoms with Crippen LogP contribution in [0, 0.1) is 6.92 Å². The summed E-state index contributed by atoms with van der Waals surface area (Å²) in [5.41, 5.74) is 7.84. The van der Waals surface area contributed by atoms with E-state index in [1.165, 1.54) is 7.05 Å². The lowest BCUT2D eigenvalue weighted by Gasteiger charge is -2.22. The first-order chi connectivity index (χ1) is 8.99. The van der Waals surface area contributed by atoms with Crippen LogP contribution < -0.4 is 21.1 Å². The molecule has 0 fully saturated rings. The molecule has 1 amide bonds. The summed E-state index contributed by atoms with van der Waals surface area (Å²) >= 11 is 0. The van der Waals surface area contributed by atoms with Gasteiger partial charge in [0, 0.05) is 7.05 Å². The lowest BCUT2D eigenvalue weighted by molar-refractivity contribution is -0.131. The van der Waals surface area contributed by atoms with Gasteiger partial charge in [0.15, 0.2) is 11.5 Å². The third kappa shape index (κ3) is 2.97. The highest BCUT2D eigenvalue weighted by Crippen LogP contribution is 2.33. The predicted molar refractivity (Wildman–Crippen MR) is 70.8 cm³/mol. The van der Waals surface area contributed by atoms with Crippen LogP contribution in [0.3, 0.4) is 0 Å². The summed E-state index contributed by atoms with van der Waals surface area (Å²) in [6.45, 7) is 3.05. The molecule has 4 N–H and O–H groups in total. The van der Waals surface area contributed by atoms with Gasteiger partial charge in [-0.3, -0.25) is 9.80 Å². The number of nitrogens with zero attached hydrogens (tertiary/aromatic N) is 1. The van der Waals surface area contributed by atoms with Crippen LogP contribution >= 0.6 is 0 Å². The molecule has 19 heavy (non-hydrogen) atoms. The van der Waals surface area contributed by atoms with Crippen LogP contribution in [0.5, 0.6) is 11.5 Å². The number of carbonyl (C=O) groups excluding carboxylic acids is 1. The Labute approximate surface area is 112 Å². The maximum absolute atomic E-state index is 11.7. The van der Waals surface area contributed by atoms with Crippen molar-refractivity contribution in [3.05, 3.63) is 23.3 Å². The first kappa shape index (κ1) is 13.6. The van der Waals surface area contributed by atoms with Crippen molar-refractivity contribution in [3.63, 3.8) is 0 Å². The second kappa shape index (κ2) is 5.46. The summed E-state index contributed by atoms with van der Waals surface area (Å²) in [4.78, 5) is 11.7. The molecule has 2 rings (SSSR count). The number of amides is 1. The minimum atomic E-state index is -0.656. The number of fused-ring (bicyclic) bond motifs is 1. The Bertz CT molecular complexity index is 488. The molecule has 0 bridgehead atoms. The number of ether oxygens (including phenoxy) is 2. The molecule has 104 valence electrons. The van der Waals surface area contributed by atoms with Crippen LogP contribution in [0.1, 0.15) is 11.1 Å². The summed E-state index contributed by atoms with van der Waals surface area (Å²) in [6, 6.07) is 3.14. The van der Waals surface area contributed by atoms with Crippen molar-refractivity contribution in [2.45, 2.75) is 19.4 Å². The molecule has 0 spiro atoms. The van der Waals surface area contributed by atoms with Crippen molar-refractivity contribution < 1.29 is 14.3 Å². The van der Waals surface area contributed by atoms with Gasteiger partial charge in [-0.05, 0) is 36.6 Å². The van der Waals surface area contributed by atoms with Crippen LogP contribution in [0.25, 0.3) is 0 Å². The Morgan fingerprint density at radius 1 is 1.37 bits per heavy atom. The van der Waals surface area contributed by atoms with E-state index in [0.717, 1.165) is 21.9 Å². The smallest absolute Gasteiger partial charge is 0.253 e. The molecule has 1 unspecified atom stereocenters. The largest absolute Gasteiger partial charge is 0.486 e. The first-order valence-electron chi connectivity index (χ1n) is 6.16. The number of nitrogens with two attached hydrogens (primary N) is 2. The fourth-order valence-electron chi connectivity index (χ4n) is 2.04. The van der Waals surface area contributed by atoms with Crippen LogP contribution in [0.15, 0.2) is 12.1 Å². The van der Waals surface area contributed by atoms with Crippen molar-refractivity contribution in [2.24, 2.45) is 11.6 Å². The third-order valence-electron chi connectivity index (χ3n) is 3.11. The minimum Gasteiger partial charge on any atom is -0.486 e. The summed E-state index contributed by atoms with van der Waals surface area (Å²) in [5.74, 6) is 6.54. The Morgan fingerprint density at radius 2 is 1.95 bits per heavy atom. The zero-order chi connectivity index (χ0) is 14.0. The minimum absolute atomic E-state index is 0.297. The van der Waals surface area contributed by atoms with Crippen LogP contribution in [0.2, 0.25) is 0 Å². The molecule has 0 saturated carbocycles. The van der Waals surface area contributed by atoms with Gasteiger partial charge in [-0.2, -0.15) is 0 Å². The molecule has 1 atom stereocenters. The van der Waals surface area contributed by atoms with Gasteiger partial charge in [0.2, 0.25) is 0 Å². The van der Waals surface area contributed by atoms with Gasteiger partial charge < -0.3 is 15.2 Å². The Balaban J connectivity index is 2.18. The van der Waals surface area contributed by atoms with E-state index in [1.54, 1.807) is 0 Å². The molecule has 6 heteroatoms. The number of hydrazine groups is 1. The first-order valence-corrected chi connectivity index (χ1v) is 6.16. The molecular formula is C13H19N3O3. The van der Waals surface area contributed by atoms with Gasteiger partial charge in [0.25, 0.3) is 5.91 Å². The van der Waals surface area contributed by atoms with Gasteiger partial charge in [-0.15, -0.1) is 0 Å². The fourth-order valence-corrected chi connectivity index (χ4v) is 2.04. The number of benzene rings is 1. The maximum Gasteiger partial charge on any atom is 0.253 e. The second-order valence-electron chi connectivity index (χ2n) is 4.68. The van der Waals surface area contributed by atoms with E-state index in [2.05, 4.69) is 0 Å². The van der Waals surface area contributed by atoms with E-state index in [0.29, 0.717) is 25.4 Å². The molecular weight excluding hydrogens is 246 g/mol. The van der Waals surface area contributed by atoms with Gasteiger partial charge in [0.1, 0.15) is 13.2 Å². The summed E-state index contributed by atoms with van der Waals surface area (Å²) in [5, 5.41) is 1.01. The lowest BCUT2D eigenvalue weighted by atomic mass is 10.00. The number of hydrogen-bond acceptors (Lipinski definition) is 5. The van der Waals surface area contributed by atoms with Crippen LogP contribution in [0.4, 0.5) is 0 Å². The van der Waals surface area contributed by atoms with E-state index >= 15 is 0 Å². The maximum atomic E-state index is 11.7. The average molecular weight is 265 g/mol. The molecule has 0 radical (unpaired) electrons. The van der Waals surface area contributed by atoms with E-state index in [4.69, 9.17) is 21.1 Å². The summed E-state index contributed by atoms with van der Waals surface area (Å²) in [6.07, 6.45) is 0.419. The van der Waals surface area contributed by atoms with Crippen LogP contribution in [-0.4, -0.2) is 37.2 Å². The zero-order valence-electron chi connectivity index (χ0n) is 11.2. The molecule has 6 nitrogen and oxygen atoms in total. The van der Waals surface area contributed by atoms with Crippen molar-refractivity contribution in [3.8, 4) is 11.5 Å². The van der Waals surface area contributed by atoms with Crippen molar-refractivity contribution >= 4 is 5.91 Å². The van der Waals surface area contributed by atoms with E-state index in [1.807, 2.05) is 19.1 Å². The van der Waals surface area contributed by atoms with Crippen molar-refractivity contribution in [1.82, 2.24) is 5.01 Å². The lowest BCUT2D eigenvalue weighted by Crippen LogP contribution is -2.46. The van der Waals surface area contributed by atoms with Gasteiger partial charge >= 0.3 is 0 Å². The highest BCUT2D eigenvalue weighted by molar-refractivity contribution is 5.81. The van der Waals surface area contributed by atoms with Gasteiger partial charge in [0.05, 0.1) is 6.04 Å².